The third kappa shape index (κ3) is 3.33. The molecule has 0 bridgehead atoms. The van der Waals surface area contributed by atoms with Crippen molar-refractivity contribution >= 4 is 17.2 Å². The van der Waals surface area contributed by atoms with Gasteiger partial charge < -0.3 is 9.80 Å². The van der Waals surface area contributed by atoms with Gasteiger partial charge in [0.25, 0.3) is 5.92 Å². The van der Waals surface area contributed by atoms with Gasteiger partial charge in [-0.15, -0.1) is 0 Å². The number of nitrogens with zero attached hydrogens (tertiary/aromatic N) is 5. The summed E-state index contributed by atoms with van der Waals surface area (Å²) in [6.07, 6.45) is 7.12. The van der Waals surface area contributed by atoms with Crippen LogP contribution in [0.3, 0.4) is 0 Å². The smallest absolute Gasteiger partial charge is 0.251 e. The Bertz CT molecular complexity index is 876. The van der Waals surface area contributed by atoms with Crippen LogP contribution in [-0.2, 0) is 4.79 Å². The van der Waals surface area contributed by atoms with E-state index >= 15 is 0 Å². The Balaban J connectivity index is 1.25. The van der Waals surface area contributed by atoms with Gasteiger partial charge in [0.1, 0.15) is 5.52 Å². The Morgan fingerprint density at radius 3 is 2.46 bits per heavy atom. The highest BCUT2D eigenvalue weighted by molar-refractivity contribution is 5.79. The minimum atomic E-state index is -2.62. The second kappa shape index (κ2) is 6.67. The van der Waals surface area contributed by atoms with Crippen LogP contribution in [0, 0.1) is 5.92 Å². The molecule has 1 amide bonds. The predicted octanol–water partition coefficient (Wildman–Crippen LogP) is 3.08. The maximum atomic E-state index is 13.3. The zero-order valence-electron chi connectivity index (χ0n) is 15.9. The summed E-state index contributed by atoms with van der Waals surface area (Å²) in [5.74, 6) is -1.13. The average molecular weight is 389 g/mol. The van der Waals surface area contributed by atoms with Crippen molar-refractivity contribution in [2.75, 3.05) is 31.1 Å². The minimum Gasteiger partial charge on any atom is -0.355 e. The number of hydrogen-bond donors (Lipinski definition) is 0. The van der Waals surface area contributed by atoms with Crippen LogP contribution in [0.5, 0.6) is 0 Å². The molecular weight excluding hydrogens is 364 g/mol. The van der Waals surface area contributed by atoms with E-state index in [9.17, 15) is 13.6 Å². The summed E-state index contributed by atoms with van der Waals surface area (Å²) in [4.78, 5) is 21.2. The molecule has 0 atom stereocenters. The lowest BCUT2D eigenvalue weighted by Gasteiger charge is -2.37. The summed E-state index contributed by atoms with van der Waals surface area (Å²) in [5.41, 5.74) is 2.16. The molecule has 5 rings (SSSR count). The zero-order chi connectivity index (χ0) is 19.3. The van der Waals surface area contributed by atoms with Gasteiger partial charge in [-0.3, -0.25) is 4.79 Å². The number of aromatic nitrogens is 3. The van der Waals surface area contributed by atoms with Crippen LogP contribution in [0.4, 0.5) is 14.6 Å². The highest BCUT2D eigenvalue weighted by atomic mass is 19.3. The van der Waals surface area contributed by atoms with Crippen molar-refractivity contribution in [2.24, 2.45) is 5.92 Å². The van der Waals surface area contributed by atoms with Crippen molar-refractivity contribution in [3.05, 3.63) is 24.2 Å². The first-order valence-corrected chi connectivity index (χ1v) is 10.3. The largest absolute Gasteiger partial charge is 0.355 e. The predicted molar refractivity (Wildman–Crippen MR) is 101 cm³/mol. The van der Waals surface area contributed by atoms with E-state index in [0.29, 0.717) is 5.92 Å². The Hall–Kier alpha value is -2.25. The van der Waals surface area contributed by atoms with Crippen LogP contribution >= 0.6 is 0 Å². The van der Waals surface area contributed by atoms with Crippen molar-refractivity contribution in [3.8, 4) is 0 Å². The number of hydrogen-bond acceptors (Lipinski definition) is 4. The van der Waals surface area contributed by atoms with Gasteiger partial charge >= 0.3 is 0 Å². The van der Waals surface area contributed by atoms with Gasteiger partial charge in [-0.05, 0) is 31.7 Å². The highest BCUT2D eigenvalue weighted by Gasteiger charge is 2.38. The standard InChI is InChI=1S/C20H25F2N5O/c21-20(22)5-10-26(11-6-20)19(28)15-3-8-25(9-4-15)18-17-13-16(14-1-2-14)24-27(17)12-7-23-18/h7,12-15H,1-6,8-11H2. The first kappa shape index (κ1) is 17.8. The molecule has 2 aromatic rings. The van der Waals surface area contributed by atoms with Gasteiger partial charge in [0.15, 0.2) is 5.82 Å². The number of piperidine rings is 2. The van der Waals surface area contributed by atoms with Gasteiger partial charge in [-0.25, -0.2) is 18.3 Å². The molecule has 1 saturated carbocycles. The van der Waals surface area contributed by atoms with Gasteiger partial charge in [-0.2, -0.15) is 5.10 Å². The van der Waals surface area contributed by atoms with Crippen LogP contribution in [0.2, 0.25) is 0 Å². The van der Waals surface area contributed by atoms with E-state index in [1.165, 1.54) is 12.8 Å². The lowest BCUT2D eigenvalue weighted by Crippen LogP contribution is -2.47. The van der Waals surface area contributed by atoms with Crippen LogP contribution in [0.25, 0.3) is 5.52 Å². The second-order valence-electron chi connectivity index (χ2n) is 8.37. The molecule has 2 aromatic heterocycles. The first-order valence-electron chi connectivity index (χ1n) is 10.3. The maximum Gasteiger partial charge on any atom is 0.251 e. The van der Waals surface area contributed by atoms with Crippen LogP contribution in [0.15, 0.2) is 18.5 Å². The molecule has 6 nitrogen and oxygen atoms in total. The van der Waals surface area contributed by atoms with E-state index in [1.54, 1.807) is 11.1 Å². The maximum absolute atomic E-state index is 13.3. The van der Waals surface area contributed by atoms with Crippen molar-refractivity contribution in [1.29, 1.82) is 0 Å². The fourth-order valence-electron chi connectivity index (χ4n) is 4.40. The fraction of sp³-hybridized carbons (Fsp3) is 0.650. The van der Waals surface area contributed by atoms with E-state index in [4.69, 9.17) is 0 Å². The molecule has 0 radical (unpaired) electrons. The molecule has 28 heavy (non-hydrogen) atoms. The molecule has 0 aromatic carbocycles. The fourth-order valence-corrected chi connectivity index (χ4v) is 4.40. The molecule has 1 aliphatic carbocycles. The molecule has 8 heteroatoms. The molecule has 3 fully saturated rings. The molecule has 0 unspecified atom stereocenters. The molecule has 2 saturated heterocycles. The summed E-state index contributed by atoms with van der Waals surface area (Å²) < 4.78 is 28.6. The molecule has 0 spiro atoms. The van der Waals surface area contributed by atoms with Crippen LogP contribution < -0.4 is 4.90 Å². The number of carbonyl (C=O) groups is 1. The lowest BCUT2D eigenvalue weighted by atomic mass is 9.94. The van der Waals surface area contributed by atoms with E-state index in [0.717, 1.165) is 43.0 Å². The van der Waals surface area contributed by atoms with Crippen molar-refractivity contribution in [3.63, 3.8) is 0 Å². The highest BCUT2D eigenvalue weighted by Crippen LogP contribution is 2.40. The summed E-state index contributed by atoms with van der Waals surface area (Å²) in [7, 11) is 0. The molecule has 2 aliphatic heterocycles. The van der Waals surface area contributed by atoms with Crippen molar-refractivity contribution in [2.45, 2.75) is 50.4 Å². The van der Waals surface area contributed by atoms with Crippen LogP contribution in [0.1, 0.15) is 50.1 Å². The third-order valence-corrected chi connectivity index (χ3v) is 6.33. The van der Waals surface area contributed by atoms with Crippen molar-refractivity contribution < 1.29 is 13.6 Å². The van der Waals surface area contributed by atoms with E-state index in [-0.39, 0.29) is 37.8 Å². The number of anilines is 1. The summed E-state index contributed by atoms with van der Waals surface area (Å²) in [6, 6.07) is 2.14. The Labute approximate surface area is 162 Å². The van der Waals surface area contributed by atoms with E-state index < -0.39 is 5.92 Å². The van der Waals surface area contributed by atoms with Gasteiger partial charge in [0.05, 0.1) is 5.69 Å². The summed E-state index contributed by atoms with van der Waals surface area (Å²) >= 11 is 0. The molecule has 4 heterocycles. The van der Waals surface area contributed by atoms with Crippen LogP contribution in [-0.4, -0.2) is 57.5 Å². The number of carbonyl (C=O) groups excluding carboxylic acids is 1. The Morgan fingerprint density at radius 2 is 1.79 bits per heavy atom. The number of likely N-dealkylation sites (tertiary alicyclic amines) is 1. The summed E-state index contributed by atoms with van der Waals surface area (Å²) in [6.45, 7) is 1.84. The second-order valence-corrected chi connectivity index (χ2v) is 8.37. The minimum absolute atomic E-state index is 0.0432. The molecule has 150 valence electrons. The number of fused-ring (bicyclic) bond motifs is 1. The molecule has 3 aliphatic rings. The normalized spacial score (nSPS) is 23.4. The first-order chi connectivity index (χ1) is 13.5. The number of halogens is 2. The third-order valence-electron chi connectivity index (χ3n) is 6.33. The monoisotopic (exact) mass is 389 g/mol. The Kier molecular flexibility index (Phi) is 4.25. The SMILES string of the molecule is O=C(C1CCN(c2nccn3nc(C4CC4)cc23)CC1)N1CCC(F)(F)CC1. The summed E-state index contributed by atoms with van der Waals surface area (Å²) in [5, 5.41) is 4.67. The quantitative estimate of drug-likeness (QED) is 0.810. The number of amides is 1. The number of alkyl halides is 2. The average Bonchev–Trinajstić information content (AvgIpc) is 3.46. The number of rotatable bonds is 3. The topological polar surface area (TPSA) is 53.7 Å². The van der Waals surface area contributed by atoms with E-state index in [1.807, 2.05) is 10.7 Å². The van der Waals surface area contributed by atoms with E-state index in [2.05, 4.69) is 21.0 Å². The van der Waals surface area contributed by atoms with Crippen molar-refractivity contribution in [1.82, 2.24) is 19.5 Å². The van der Waals surface area contributed by atoms with Gasteiger partial charge in [0.2, 0.25) is 5.91 Å². The van der Waals surface area contributed by atoms with Gasteiger partial charge in [-0.1, -0.05) is 0 Å². The Morgan fingerprint density at radius 1 is 1.07 bits per heavy atom. The van der Waals surface area contributed by atoms with Gasteiger partial charge in [0, 0.05) is 63.3 Å². The molecule has 0 N–H and O–H groups in total. The lowest BCUT2D eigenvalue weighted by molar-refractivity contribution is -0.142. The zero-order valence-corrected chi connectivity index (χ0v) is 15.9. The molecular formula is C20H25F2N5O.